The molecule has 0 aromatic heterocycles. The van der Waals surface area contributed by atoms with Gasteiger partial charge in [-0.25, -0.2) is 0 Å². The normalized spacial score (nSPS) is 15.6. The number of nitrogens with zero attached hydrogens (tertiary/aromatic N) is 1. The Morgan fingerprint density at radius 1 is 1.30 bits per heavy atom. The molecule has 3 heteroatoms. The van der Waals surface area contributed by atoms with E-state index in [4.69, 9.17) is 4.74 Å². The van der Waals surface area contributed by atoms with Gasteiger partial charge in [-0.2, -0.15) is 5.26 Å². The van der Waals surface area contributed by atoms with Gasteiger partial charge in [-0.05, 0) is 33.3 Å². The first kappa shape index (κ1) is 16.0. The van der Waals surface area contributed by atoms with Crippen molar-refractivity contribution in [1.82, 2.24) is 0 Å². The lowest BCUT2D eigenvalue weighted by Gasteiger charge is -2.31. The topological polar surface area (TPSA) is 50.1 Å². The summed E-state index contributed by atoms with van der Waals surface area (Å²) in [5.74, 6) is -0.940. The Morgan fingerprint density at radius 2 is 1.85 bits per heavy atom. The smallest absolute Gasteiger partial charge is 0.327 e. The first-order valence-electron chi connectivity index (χ1n) is 6.57. The Morgan fingerprint density at radius 3 is 2.25 bits per heavy atom. The van der Waals surface area contributed by atoms with Crippen LogP contribution in [0.15, 0.2) is 43.0 Å². The number of allylic oxidation sites excluding steroid dienone is 1. The van der Waals surface area contributed by atoms with Crippen molar-refractivity contribution in [2.45, 2.75) is 39.2 Å². The highest BCUT2D eigenvalue weighted by atomic mass is 16.6. The zero-order chi connectivity index (χ0) is 15.4. The fourth-order valence-electron chi connectivity index (χ4n) is 1.99. The second kappa shape index (κ2) is 5.92. The zero-order valence-corrected chi connectivity index (χ0v) is 12.5. The highest BCUT2D eigenvalue weighted by Crippen LogP contribution is 2.38. The number of ether oxygens (including phenoxy) is 1. The highest BCUT2D eigenvalue weighted by molar-refractivity contribution is 5.82. The van der Waals surface area contributed by atoms with Gasteiger partial charge in [0.2, 0.25) is 0 Å². The lowest BCUT2D eigenvalue weighted by atomic mass is 9.74. The van der Waals surface area contributed by atoms with Gasteiger partial charge in [0.15, 0.2) is 5.41 Å². The van der Waals surface area contributed by atoms with Crippen LogP contribution in [-0.2, 0) is 9.53 Å². The van der Waals surface area contributed by atoms with Crippen molar-refractivity contribution in [3.63, 3.8) is 0 Å². The van der Waals surface area contributed by atoms with E-state index in [0.717, 1.165) is 5.56 Å². The molecular weight excluding hydrogens is 250 g/mol. The second-order valence-corrected chi connectivity index (χ2v) is 5.94. The lowest BCUT2D eigenvalue weighted by molar-refractivity contribution is -0.163. The summed E-state index contributed by atoms with van der Waals surface area (Å²) in [7, 11) is 0. The number of hydrogen-bond acceptors (Lipinski definition) is 3. The minimum Gasteiger partial charge on any atom is -0.459 e. The van der Waals surface area contributed by atoms with Crippen molar-refractivity contribution in [1.29, 1.82) is 5.26 Å². The van der Waals surface area contributed by atoms with Gasteiger partial charge in [-0.1, -0.05) is 36.4 Å². The van der Waals surface area contributed by atoms with Crippen LogP contribution in [-0.4, -0.2) is 11.6 Å². The van der Waals surface area contributed by atoms with Crippen LogP contribution in [0.4, 0.5) is 0 Å². The SMILES string of the molecule is C=C[C@@H](c1ccccc1)[C@@](C)(C#N)C(=O)OC(C)(C)C. The summed E-state index contributed by atoms with van der Waals surface area (Å²) < 4.78 is 5.39. The van der Waals surface area contributed by atoms with Crippen LogP contribution in [0.2, 0.25) is 0 Å². The first-order valence-corrected chi connectivity index (χ1v) is 6.57. The molecule has 106 valence electrons. The minimum absolute atomic E-state index is 0.413. The van der Waals surface area contributed by atoms with Gasteiger partial charge < -0.3 is 4.74 Å². The van der Waals surface area contributed by atoms with Gasteiger partial charge in [0.25, 0.3) is 0 Å². The molecule has 0 bridgehead atoms. The van der Waals surface area contributed by atoms with E-state index in [1.165, 1.54) is 0 Å². The Kier molecular flexibility index (Phi) is 4.73. The van der Waals surface area contributed by atoms with Crippen LogP contribution in [0.3, 0.4) is 0 Å². The predicted molar refractivity (Wildman–Crippen MR) is 78.9 cm³/mol. The highest BCUT2D eigenvalue weighted by Gasteiger charge is 2.44. The summed E-state index contributed by atoms with van der Waals surface area (Å²) in [6, 6.07) is 11.5. The second-order valence-electron chi connectivity index (χ2n) is 5.94. The monoisotopic (exact) mass is 271 g/mol. The summed E-state index contributed by atoms with van der Waals surface area (Å²) in [6.07, 6.45) is 1.63. The Hall–Kier alpha value is -2.08. The van der Waals surface area contributed by atoms with Crippen LogP contribution >= 0.6 is 0 Å². The van der Waals surface area contributed by atoms with Gasteiger partial charge in [0.1, 0.15) is 5.60 Å². The predicted octanol–water partition coefficient (Wildman–Crippen LogP) is 3.83. The van der Waals surface area contributed by atoms with Gasteiger partial charge >= 0.3 is 5.97 Å². The lowest BCUT2D eigenvalue weighted by Crippen LogP contribution is -2.38. The Balaban J connectivity index is 3.18. The van der Waals surface area contributed by atoms with Crippen LogP contribution in [0.25, 0.3) is 0 Å². The number of rotatable bonds is 4. The third-order valence-corrected chi connectivity index (χ3v) is 3.07. The molecule has 0 fully saturated rings. The summed E-state index contributed by atoms with van der Waals surface area (Å²) in [5.41, 5.74) is -1.05. The van der Waals surface area contributed by atoms with E-state index >= 15 is 0 Å². The van der Waals surface area contributed by atoms with Crippen LogP contribution in [0.1, 0.15) is 39.2 Å². The number of hydrogen-bond donors (Lipinski definition) is 0. The molecule has 1 rings (SSSR count). The molecule has 0 amide bonds. The largest absolute Gasteiger partial charge is 0.459 e. The molecule has 2 atom stereocenters. The van der Waals surface area contributed by atoms with E-state index in [-0.39, 0.29) is 0 Å². The van der Waals surface area contributed by atoms with Crippen molar-refractivity contribution in [3.8, 4) is 6.07 Å². The number of nitriles is 1. The maximum Gasteiger partial charge on any atom is 0.327 e. The molecule has 1 aromatic rings. The van der Waals surface area contributed by atoms with Crippen LogP contribution in [0, 0.1) is 16.7 Å². The fourth-order valence-corrected chi connectivity index (χ4v) is 1.99. The van der Waals surface area contributed by atoms with E-state index in [1.54, 1.807) is 33.8 Å². The number of esters is 1. The molecule has 0 saturated heterocycles. The maximum absolute atomic E-state index is 12.4. The van der Waals surface area contributed by atoms with Crippen molar-refractivity contribution in [3.05, 3.63) is 48.6 Å². The van der Waals surface area contributed by atoms with Crippen LogP contribution in [0.5, 0.6) is 0 Å². The minimum atomic E-state index is -1.30. The van der Waals surface area contributed by atoms with Crippen LogP contribution < -0.4 is 0 Å². The third kappa shape index (κ3) is 3.48. The molecule has 0 spiro atoms. The molecule has 0 aliphatic carbocycles. The molecular formula is C17H21NO2. The average molecular weight is 271 g/mol. The molecule has 3 nitrogen and oxygen atoms in total. The summed E-state index contributed by atoms with van der Waals surface area (Å²) in [6.45, 7) is 10.7. The molecule has 0 aliphatic heterocycles. The summed E-state index contributed by atoms with van der Waals surface area (Å²) in [5, 5.41) is 9.52. The van der Waals surface area contributed by atoms with E-state index < -0.39 is 22.9 Å². The number of carbonyl (C=O) groups is 1. The van der Waals surface area contributed by atoms with Crippen molar-refractivity contribution < 1.29 is 9.53 Å². The summed E-state index contributed by atoms with van der Waals surface area (Å²) in [4.78, 5) is 12.4. The van der Waals surface area contributed by atoms with Gasteiger partial charge in [-0.15, -0.1) is 6.58 Å². The molecule has 0 aliphatic rings. The Bertz CT molecular complexity index is 522. The van der Waals surface area contributed by atoms with Gasteiger partial charge in [0.05, 0.1) is 6.07 Å². The summed E-state index contributed by atoms with van der Waals surface area (Å²) >= 11 is 0. The molecule has 0 radical (unpaired) electrons. The molecule has 0 N–H and O–H groups in total. The van der Waals surface area contributed by atoms with E-state index in [1.807, 2.05) is 30.3 Å². The number of benzene rings is 1. The van der Waals surface area contributed by atoms with Gasteiger partial charge in [0, 0.05) is 5.92 Å². The average Bonchev–Trinajstić information content (AvgIpc) is 2.38. The van der Waals surface area contributed by atoms with E-state index in [0.29, 0.717) is 0 Å². The van der Waals surface area contributed by atoms with Crippen molar-refractivity contribution in [2.75, 3.05) is 0 Å². The Labute approximate surface area is 120 Å². The fraction of sp³-hybridized carbons (Fsp3) is 0.412. The molecule has 0 heterocycles. The van der Waals surface area contributed by atoms with E-state index in [9.17, 15) is 10.1 Å². The van der Waals surface area contributed by atoms with Gasteiger partial charge in [-0.3, -0.25) is 4.79 Å². The molecule has 0 unspecified atom stereocenters. The quantitative estimate of drug-likeness (QED) is 0.617. The molecule has 0 saturated carbocycles. The first-order chi connectivity index (χ1) is 9.24. The maximum atomic E-state index is 12.4. The van der Waals surface area contributed by atoms with Crippen molar-refractivity contribution >= 4 is 5.97 Å². The van der Waals surface area contributed by atoms with Crippen molar-refractivity contribution in [2.24, 2.45) is 5.41 Å². The van der Waals surface area contributed by atoms with E-state index in [2.05, 4.69) is 12.6 Å². The zero-order valence-electron chi connectivity index (χ0n) is 12.5. The molecule has 20 heavy (non-hydrogen) atoms. The standard InChI is InChI=1S/C17H21NO2/c1-6-14(13-10-8-7-9-11-13)17(5,12-18)15(19)20-16(2,3)4/h6-11,14H,1H2,2-5H3/t14-,17+/m0/s1. The third-order valence-electron chi connectivity index (χ3n) is 3.07. The molecule has 1 aromatic carbocycles. The number of carbonyl (C=O) groups excluding carboxylic acids is 1.